The fourth-order valence-corrected chi connectivity index (χ4v) is 4.70. The average molecular weight is 558 g/mol. The predicted octanol–water partition coefficient (Wildman–Crippen LogP) is 1.91. The van der Waals surface area contributed by atoms with Crippen LogP contribution in [-0.2, 0) is 18.5 Å². The molecule has 1 saturated heterocycles. The number of ether oxygens (including phenoxy) is 3. The van der Waals surface area contributed by atoms with Crippen molar-refractivity contribution < 1.29 is 28.2 Å². The van der Waals surface area contributed by atoms with Gasteiger partial charge in [0, 0.05) is 0 Å². The van der Waals surface area contributed by atoms with E-state index in [9.17, 15) is 4.89 Å². The summed E-state index contributed by atoms with van der Waals surface area (Å²) < 4.78 is 30.6. The molecule has 0 amide bonds. The van der Waals surface area contributed by atoms with Gasteiger partial charge in [0.25, 0.3) is 0 Å². The number of halogens is 1. The summed E-state index contributed by atoms with van der Waals surface area (Å²) in [7, 11) is -0.316. The Kier molecular flexibility index (Phi) is 7.44. The maximum atomic E-state index is 10.1. The number of nitrogens with two attached hydrogens (primary N) is 1. The molecule has 3 N–H and O–H groups in total. The Morgan fingerprint density at radius 3 is 2.88 bits per heavy atom. The van der Waals surface area contributed by atoms with Crippen LogP contribution in [0.4, 0.5) is 5.82 Å². The second-order valence-electron chi connectivity index (χ2n) is 7.30. The van der Waals surface area contributed by atoms with E-state index in [0.717, 1.165) is 0 Å². The summed E-state index contributed by atoms with van der Waals surface area (Å²) in [5, 5.41) is -0.0608. The van der Waals surface area contributed by atoms with Gasteiger partial charge >= 0.3 is 205 Å². The van der Waals surface area contributed by atoms with Gasteiger partial charge in [0.2, 0.25) is 0 Å². The topological polar surface area (TPSA) is 136 Å². The Hall–Kier alpha value is -1.93. The van der Waals surface area contributed by atoms with Crippen LogP contribution in [-0.4, -0.2) is 63.1 Å². The van der Waals surface area contributed by atoms with Crippen molar-refractivity contribution in [2.75, 3.05) is 19.5 Å². The van der Waals surface area contributed by atoms with Crippen molar-refractivity contribution in [2.24, 2.45) is 0 Å². The zero-order valence-electron chi connectivity index (χ0n) is 17.8. The van der Waals surface area contributed by atoms with Crippen LogP contribution in [0.1, 0.15) is 12.6 Å². The van der Waals surface area contributed by atoms with Crippen LogP contribution < -0.4 is 10.5 Å². The van der Waals surface area contributed by atoms with E-state index in [1.54, 1.807) is 16.7 Å². The SMILES string of the molecule is B[PH](O)(OC)OC[C@@H]1C[C@H](OC(=S)Oc2ccccc2)[C@H](n2c(Br)nc3c(N)ncnc32)O1. The molecule has 0 unspecified atom stereocenters. The zero-order chi connectivity index (χ0) is 23.6. The van der Waals surface area contributed by atoms with Crippen LogP contribution in [0, 0.1) is 0 Å². The van der Waals surface area contributed by atoms with Crippen molar-refractivity contribution in [1.29, 1.82) is 0 Å². The molecule has 1 aliphatic heterocycles. The summed E-state index contributed by atoms with van der Waals surface area (Å²) in [6, 6.07) is 9.07. The third-order valence-corrected chi connectivity index (χ3v) is 7.17. The number of thiocarbonyl (C=S) groups is 1. The maximum absolute atomic E-state index is 10.1. The fourth-order valence-electron chi connectivity index (χ4n) is 3.32. The molecule has 3 heterocycles. The second kappa shape index (κ2) is 10.1. The Morgan fingerprint density at radius 2 is 2.15 bits per heavy atom. The Balaban J connectivity index is 1.58. The number of hydrogen-bond acceptors (Lipinski definition) is 11. The van der Waals surface area contributed by atoms with Gasteiger partial charge in [-0.2, -0.15) is 0 Å². The number of hydrogen-bond donors (Lipinski definition) is 2. The first-order valence-electron chi connectivity index (χ1n) is 9.92. The molecule has 0 bridgehead atoms. The minimum absolute atomic E-state index is 0.0608. The van der Waals surface area contributed by atoms with E-state index >= 15 is 0 Å². The molecule has 1 fully saturated rings. The summed E-state index contributed by atoms with van der Waals surface area (Å²) in [5.41, 5.74) is 6.84. The molecule has 0 spiro atoms. The molecule has 3 atom stereocenters. The minimum atomic E-state index is -3.24. The summed E-state index contributed by atoms with van der Waals surface area (Å²) in [6.07, 6.45) is 0.0343. The van der Waals surface area contributed by atoms with Gasteiger partial charge < -0.3 is 0 Å². The molecule has 2 aromatic heterocycles. The van der Waals surface area contributed by atoms with Crippen molar-refractivity contribution in [3.05, 3.63) is 41.4 Å². The number of imidazole rings is 1. The summed E-state index contributed by atoms with van der Waals surface area (Å²) in [4.78, 5) is 22.8. The molecule has 176 valence electrons. The van der Waals surface area contributed by atoms with Crippen molar-refractivity contribution in [3.63, 3.8) is 0 Å². The standard InChI is InChI=1S/C18H22BBrN5O6PS/c1-27-32(19,26)28-8-11-7-12(31-18(33)30-10-5-3-2-4-6-10)16(29-11)25-15-13(24-17(25)20)14(21)22-9-23-15/h2-6,9,11-12,16,26,32H,7-8,19H2,1H3,(H2,21,22,23)/t11-,12-,16+/m0/s1. The van der Waals surface area contributed by atoms with Crippen LogP contribution in [0.15, 0.2) is 41.4 Å². The van der Waals surface area contributed by atoms with Crippen LogP contribution in [0.25, 0.3) is 11.2 Å². The van der Waals surface area contributed by atoms with E-state index in [1.807, 2.05) is 18.2 Å². The first-order chi connectivity index (χ1) is 15.8. The van der Waals surface area contributed by atoms with E-state index in [2.05, 4.69) is 30.9 Å². The number of para-hydroxylation sites is 1. The summed E-state index contributed by atoms with van der Waals surface area (Å²) >= 11 is 8.77. The normalized spacial score (nSPS) is 21.2. The van der Waals surface area contributed by atoms with Gasteiger partial charge in [0.1, 0.15) is 0 Å². The van der Waals surface area contributed by atoms with Crippen molar-refractivity contribution in [2.45, 2.75) is 24.9 Å². The van der Waals surface area contributed by atoms with Crippen LogP contribution in [0.5, 0.6) is 5.75 Å². The molecule has 3 aromatic rings. The van der Waals surface area contributed by atoms with E-state index in [0.29, 0.717) is 28.1 Å². The predicted molar refractivity (Wildman–Crippen MR) is 133 cm³/mol. The number of aromatic nitrogens is 4. The van der Waals surface area contributed by atoms with Gasteiger partial charge in [-0.25, -0.2) is 0 Å². The molecule has 0 radical (unpaired) electrons. The third kappa shape index (κ3) is 5.60. The number of benzene rings is 1. The van der Waals surface area contributed by atoms with Gasteiger partial charge in [-0.05, 0) is 0 Å². The molecule has 15 heteroatoms. The van der Waals surface area contributed by atoms with Crippen molar-refractivity contribution in [3.8, 4) is 5.75 Å². The second-order valence-corrected chi connectivity index (χ2v) is 10.8. The molecule has 0 aliphatic carbocycles. The monoisotopic (exact) mass is 557 g/mol. The van der Waals surface area contributed by atoms with Gasteiger partial charge in [-0.1, -0.05) is 0 Å². The number of rotatable bonds is 7. The van der Waals surface area contributed by atoms with Crippen LogP contribution >= 0.6 is 36.0 Å². The quantitative estimate of drug-likeness (QED) is 0.191. The molecule has 1 aromatic carbocycles. The number of fused-ring (bicyclic) bond motifs is 1. The molecule has 11 nitrogen and oxygen atoms in total. The van der Waals surface area contributed by atoms with E-state index < -0.39 is 26.3 Å². The molecule has 4 rings (SSSR count). The summed E-state index contributed by atoms with van der Waals surface area (Å²) in [6.45, 7) is 0.0943. The number of nitrogen functional groups attached to an aromatic ring is 1. The number of anilines is 1. The summed E-state index contributed by atoms with van der Waals surface area (Å²) in [5.74, 6) is 0.787. The zero-order valence-corrected chi connectivity index (χ0v) is 21.2. The van der Waals surface area contributed by atoms with Crippen molar-refractivity contribution in [1.82, 2.24) is 19.5 Å². The van der Waals surface area contributed by atoms with Gasteiger partial charge in [-0.15, -0.1) is 0 Å². The molecular weight excluding hydrogens is 536 g/mol. The van der Waals surface area contributed by atoms with Crippen LogP contribution in [0.2, 0.25) is 0 Å². The fraction of sp³-hybridized carbons (Fsp3) is 0.333. The Morgan fingerprint density at radius 1 is 1.39 bits per heavy atom. The average Bonchev–Trinajstić information content (AvgIpc) is 3.33. The first kappa shape index (κ1) is 24.2. The van der Waals surface area contributed by atoms with Gasteiger partial charge in [0.15, 0.2) is 0 Å². The van der Waals surface area contributed by atoms with Crippen LogP contribution in [0.3, 0.4) is 0 Å². The van der Waals surface area contributed by atoms with E-state index in [1.165, 1.54) is 21.0 Å². The Labute approximate surface area is 204 Å². The van der Waals surface area contributed by atoms with E-state index in [-0.39, 0.29) is 17.7 Å². The molecule has 1 aliphatic rings. The number of nitrogens with zero attached hydrogens (tertiary/aromatic N) is 4. The van der Waals surface area contributed by atoms with Gasteiger partial charge in [-0.3, -0.25) is 0 Å². The van der Waals surface area contributed by atoms with Gasteiger partial charge in [0.05, 0.1) is 0 Å². The first-order valence-corrected chi connectivity index (χ1v) is 13.4. The Bertz CT molecular complexity index is 1140. The van der Waals surface area contributed by atoms with Crippen molar-refractivity contribution >= 4 is 65.8 Å². The third-order valence-electron chi connectivity index (χ3n) is 4.97. The molecule has 0 saturated carbocycles. The molecular formula is C18H22BBrN5O6PS. The molecule has 33 heavy (non-hydrogen) atoms. The van der Waals surface area contributed by atoms with E-state index in [4.69, 9.17) is 41.2 Å².